The third-order valence-electron chi connectivity index (χ3n) is 4.45. The van der Waals surface area contributed by atoms with E-state index < -0.39 is 0 Å². The zero-order valence-electron chi connectivity index (χ0n) is 15.3. The summed E-state index contributed by atoms with van der Waals surface area (Å²) in [6, 6.07) is 0. The van der Waals surface area contributed by atoms with Crippen molar-refractivity contribution < 1.29 is 10.2 Å². The maximum Gasteiger partial charge on any atom is 0.161 e. The van der Waals surface area contributed by atoms with Crippen LogP contribution in [0.3, 0.4) is 0 Å². The van der Waals surface area contributed by atoms with Crippen LogP contribution in [0.1, 0.15) is 101 Å². The lowest BCUT2D eigenvalue weighted by atomic mass is 9.80. The molecule has 22 heavy (non-hydrogen) atoms. The maximum absolute atomic E-state index is 10.6. The van der Waals surface area contributed by atoms with Crippen LogP contribution in [0, 0.1) is 0 Å². The van der Waals surface area contributed by atoms with Gasteiger partial charge in [-0.15, -0.1) is 0 Å². The molecule has 0 saturated carbocycles. The van der Waals surface area contributed by atoms with Crippen molar-refractivity contribution in [1.82, 2.24) is 0 Å². The highest BCUT2D eigenvalue weighted by Crippen LogP contribution is 2.45. The van der Waals surface area contributed by atoms with Crippen LogP contribution in [-0.4, -0.2) is 10.2 Å². The van der Waals surface area contributed by atoms with Crippen molar-refractivity contribution in [2.75, 3.05) is 0 Å². The molecule has 1 aromatic carbocycles. The Labute approximate surface area is 136 Å². The molecule has 0 aliphatic carbocycles. The van der Waals surface area contributed by atoms with E-state index in [1.54, 1.807) is 0 Å². The summed E-state index contributed by atoms with van der Waals surface area (Å²) in [5, 5.41) is 21.2. The van der Waals surface area contributed by atoms with E-state index in [-0.39, 0.29) is 11.5 Å². The number of aromatic hydroxyl groups is 2. The van der Waals surface area contributed by atoms with Crippen LogP contribution in [0.5, 0.6) is 11.5 Å². The molecular weight excluding hydrogens is 272 g/mol. The summed E-state index contributed by atoms with van der Waals surface area (Å²) < 4.78 is 0. The number of benzene rings is 1. The Morgan fingerprint density at radius 1 is 0.682 bits per heavy atom. The van der Waals surface area contributed by atoms with E-state index in [2.05, 4.69) is 41.5 Å². The average Bonchev–Trinajstić information content (AvgIpc) is 2.46. The zero-order valence-corrected chi connectivity index (χ0v) is 15.3. The normalized spacial score (nSPS) is 11.6. The Hall–Kier alpha value is -1.18. The highest BCUT2D eigenvalue weighted by atomic mass is 16.3. The Balaban J connectivity index is 3.59. The molecule has 2 nitrogen and oxygen atoms in total. The molecule has 1 rings (SSSR count). The molecule has 0 spiro atoms. The van der Waals surface area contributed by atoms with Crippen molar-refractivity contribution >= 4 is 0 Å². The summed E-state index contributed by atoms with van der Waals surface area (Å²) in [6.45, 7) is 13.1. The number of unbranched alkanes of at least 4 members (excludes halogenated alkanes) is 2. The topological polar surface area (TPSA) is 40.5 Å². The van der Waals surface area contributed by atoms with E-state index in [0.717, 1.165) is 49.7 Å². The minimum atomic E-state index is 0.132. The van der Waals surface area contributed by atoms with Gasteiger partial charge in [0.15, 0.2) is 11.5 Å². The second-order valence-corrected chi connectivity index (χ2v) is 7.00. The van der Waals surface area contributed by atoms with Crippen LogP contribution in [0.4, 0.5) is 0 Å². The molecule has 0 unspecified atom stereocenters. The van der Waals surface area contributed by atoms with Crippen LogP contribution in [-0.2, 0) is 12.8 Å². The lowest BCUT2D eigenvalue weighted by molar-refractivity contribution is 0.391. The highest BCUT2D eigenvalue weighted by molar-refractivity contribution is 5.60. The Bertz CT molecular complexity index is 442. The molecule has 0 aromatic heterocycles. The summed E-state index contributed by atoms with van der Waals surface area (Å²) in [6.07, 6.45) is 5.95. The van der Waals surface area contributed by atoms with Gasteiger partial charge in [0.05, 0.1) is 0 Å². The number of phenolic OH excluding ortho intramolecular Hbond substituents is 2. The monoisotopic (exact) mass is 306 g/mol. The first-order valence-corrected chi connectivity index (χ1v) is 8.96. The number of phenols is 2. The zero-order chi connectivity index (χ0) is 16.9. The molecule has 126 valence electrons. The van der Waals surface area contributed by atoms with Crippen LogP contribution >= 0.6 is 0 Å². The molecule has 0 atom stereocenters. The fourth-order valence-corrected chi connectivity index (χ4v) is 3.40. The fourth-order valence-electron chi connectivity index (χ4n) is 3.40. The minimum absolute atomic E-state index is 0.132. The van der Waals surface area contributed by atoms with Gasteiger partial charge in [-0.2, -0.15) is 0 Å². The van der Waals surface area contributed by atoms with E-state index >= 15 is 0 Å². The second kappa shape index (κ2) is 8.45. The molecule has 0 radical (unpaired) electrons. The van der Waals surface area contributed by atoms with Crippen molar-refractivity contribution in [2.24, 2.45) is 0 Å². The standard InChI is InChI=1S/C20H34O2/c1-7-9-11-15-17(13(3)4)18(14(5)6)16(12-10-8-2)20(22)19(15)21/h13-14,21-22H,7-12H2,1-6H3. The SMILES string of the molecule is CCCCc1c(O)c(O)c(CCCC)c(C(C)C)c1C(C)C. The van der Waals surface area contributed by atoms with E-state index in [1.165, 1.54) is 11.1 Å². The van der Waals surface area contributed by atoms with Crippen LogP contribution in [0.25, 0.3) is 0 Å². The van der Waals surface area contributed by atoms with Crippen LogP contribution in [0.15, 0.2) is 0 Å². The van der Waals surface area contributed by atoms with Gasteiger partial charge in [0.25, 0.3) is 0 Å². The Kier molecular flexibility index (Phi) is 7.25. The van der Waals surface area contributed by atoms with Crippen molar-refractivity contribution in [3.63, 3.8) is 0 Å². The van der Waals surface area contributed by atoms with E-state index in [4.69, 9.17) is 0 Å². The maximum atomic E-state index is 10.6. The largest absolute Gasteiger partial charge is 0.504 e. The first-order valence-electron chi connectivity index (χ1n) is 8.96. The van der Waals surface area contributed by atoms with Crippen LogP contribution < -0.4 is 0 Å². The predicted molar refractivity (Wildman–Crippen MR) is 95.2 cm³/mol. The van der Waals surface area contributed by atoms with E-state index in [9.17, 15) is 10.2 Å². The summed E-state index contributed by atoms with van der Waals surface area (Å²) in [5.74, 6) is 0.979. The molecule has 0 aliphatic rings. The smallest absolute Gasteiger partial charge is 0.161 e. The Morgan fingerprint density at radius 2 is 1.00 bits per heavy atom. The van der Waals surface area contributed by atoms with Gasteiger partial charge in [-0.25, -0.2) is 0 Å². The molecule has 1 aromatic rings. The van der Waals surface area contributed by atoms with Gasteiger partial charge < -0.3 is 10.2 Å². The van der Waals surface area contributed by atoms with Gasteiger partial charge >= 0.3 is 0 Å². The third kappa shape index (κ3) is 3.97. The van der Waals surface area contributed by atoms with Gasteiger partial charge in [0.1, 0.15) is 0 Å². The van der Waals surface area contributed by atoms with Gasteiger partial charge in [-0.1, -0.05) is 54.4 Å². The number of hydrogen-bond acceptors (Lipinski definition) is 2. The Morgan fingerprint density at radius 3 is 1.23 bits per heavy atom. The number of rotatable bonds is 8. The molecule has 0 aliphatic heterocycles. The van der Waals surface area contributed by atoms with E-state index in [0.29, 0.717) is 11.8 Å². The lowest BCUT2D eigenvalue weighted by Crippen LogP contribution is -2.09. The summed E-state index contributed by atoms with van der Waals surface area (Å²) in [7, 11) is 0. The third-order valence-corrected chi connectivity index (χ3v) is 4.45. The summed E-state index contributed by atoms with van der Waals surface area (Å²) in [5.41, 5.74) is 4.48. The molecule has 0 saturated heterocycles. The lowest BCUT2D eigenvalue weighted by Gasteiger charge is -2.26. The predicted octanol–water partition coefficient (Wildman–Crippen LogP) is 6.03. The molecule has 2 heteroatoms. The summed E-state index contributed by atoms with van der Waals surface area (Å²) in [4.78, 5) is 0. The van der Waals surface area contributed by atoms with Gasteiger partial charge in [-0.05, 0) is 48.6 Å². The van der Waals surface area contributed by atoms with Crippen molar-refractivity contribution in [3.05, 3.63) is 22.3 Å². The number of hydrogen-bond donors (Lipinski definition) is 2. The minimum Gasteiger partial charge on any atom is -0.504 e. The molecule has 0 fully saturated rings. The average molecular weight is 306 g/mol. The highest BCUT2D eigenvalue weighted by Gasteiger charge is 2.25. The summed E-state index contributed by atoms with van der Waals surface area (Å²) >= 11 is 0. The van der Waals surface area contributed by atoms with E-state index in [1.807, 2.05) is 0 Å². The van der Waals surface area contributed by atoms with Gasteiger partial charge in [-0.3, -0.25) is 0 Å². The molecule has 0 amide bonds. The second-order valence-electron chi connectivity index (χ2n) is 7.00. The molecule has 2 N–H and O–H groups in total. The van der Waals surface area contributed by atoms with Crippen molar-refractivity contribution in [1.29, 1.82) is 0 Å². The first kappa shape index (κ1) is 18.9. The molecule has 0 bridgehead atoms. The van der Waals surface area contributed by atoms with Gasteiger partial charge in [0.2, 0.25) is 0 Å². The van der Waals surface area contributed by atoms with Crippen molar-refractivity contribution in [2.45, 2.75) is 91.9 Å². The van der Waals surface area contributed by atoms with Crippen molar-refractivity contribution in [3.8, 4) is 11.5 Å². The van der Waals surface area contributed by atoms with Gasteiger partial charge in [0, 0.05) is 11.1 Å². The fraction of sp³-hybridized carbons (Fsp3) is 0.700. The van der Waals surface area contributed by atoms with Crippen LogP contribution in [0.2, 0.25) is 0 Å². The molecule has 0 heterocycles. The first-order chi connectivity index (χ1) is 10.4. The molecular formula is C20H34O2. The quantitative estimate of drug-likeness (QED) is 0.576.